The van der Waals surface area contributed by atoms with Gasteiger partial charge in [-0.25, -0.2) is 4.79 Å². The van der Waals surface area contributed by atoms with Crippen LogP contribution in [0.4, 0.5) is 10.5 Å². The number of urea groups is 1. The monoisotopic (exact) mass is 369 g/mol. The van der Waals surface area contributed by atoms with Crippen LogP contribution in [0.1, 0.15) is 44.3 Å². The van der Waals surface area contributed by atoms with Gasteiger partial charge >= 0.3 is 6.03 Å². The Bertz CT molecular complexity index is 812. The Morgan fingerprint density at radius 3 is 2.93 bits per heavy atom. The molecule has 1 saturated heterocycles. The second-order valence-corrected chi connectivity index (χ2v) is 7.64. The molecule has 1 N–H and O–H groups in total. The molecule has 1 spiro atoms. The molecule has 1 aliphatic heterocycles. The zero-order chi connectivity index (χ0) is 18.9. The molecule has 1 unspecified atom stereocenters. The van der Waals surface area contributed by atoms with Crippen molar-refractivity contribution in [3.05, 3.63) is 36.4 Å². The molecular formula is C20H27N5O2. The molecule has 0 radical (unpaired) electrons. The van der Waals surface area contributed by atoms with Crippen LogP contribution < -0.4 is 10.1 Å². The average Bonchev–Trinajstić information content (AvgIpc) is 3.42. The van der Waals surface area contributed by atoms with E-state index in [9.17, 15) is 4.79 Å². The summed E-state index contributed by atoms with van der Waals surface area (Å²) >= 11 is 0. The molecule has 1 saturated carbocycles. The van der Waals surface area contributed by atoms with Gasteiger partial charge in [0.05, 0.1) is 7.11 Å². The molecule has 144 valence electrons. The smallest absolute Gasteiger partial charge is 0.321 e. The lowest BCUT2D eigenvalue weighted by Gasteiger charge is -2.29. The number of anilines is 1. The van der Waals surface area contributed by atoms with E-state index in [2.05, 4.69) is 27.0 Å². The van der Waals surface area contributed by atoms with Crippen LogP contribution >= 0.6 is 0 Å². The average molecular weight is 369 g/mol. The maximum atomic E-state index is 13.0. The number of likely N-dealkylation sites (tertiary alicyclic amines) is 1. The molecule has 2 fully saturated rings. The lowest BCUT2D eigenvalue weighted by Crippen LogP contribution is -2.34. The summed E-state index contributed by atoms with van der Waals surface area (Å²) in [7, 11) is 1.62. The SMILES string of the molecule is CCn1cnnc1C1CN(C(=O)Nc2cccc(OC)c2)CC12CCCC2. The summed E-state index contributed by atoms with van der Waals surface area (Å²) in [6.07, 6.45) is 6.55. The fourth-order valence-electron chi connectivity index (χ4n) is 4.75. The highest BCUT2D eigenvalue weighted by atomic mass is 16.5. The minimum Gasteiger partial charge on any atom is -0.497 e. The van der Waals surface area contributed by atoms with Crippen molar-refractivity contribution in [2.24, 2.45) is 5.41 Å². The van der Waals surface area contributed by atoms with Gasteiger partial charge in [-0.1, -0.05) is 18.9 Å². The Balaban J connectivity index is 1.55. The second-order valence-electron chi connectivity index (χ2n) is 7.64. The Morgan fingerprint density at radius 2 is 2.19 bits per heavy atom. The fraction of sp³-hybridized carbons (Fsp3) is 0.550. The minimum atomic E-state index is -0.0559. The van der Waals surface area contributed by atoms with Gasteiger partial charge in [0.15, 0.2) is 0 Å². The third kappa shape index (κ3) is 3.26. The van der Waals surface area contributed by atoms with Gasteiger partial charge in [-0.3, -0.25) is 0 Å². The van der Waals surface area contributed by atoms with E-state index in [0.717, 1.165) is 43.2 Å². The Morgan fingerprint density at radius 1 is 1.37 bits per heavy atom. The molecular weight excluding hydrogens is 342 g/mol. The van der Waals surface area contributed by atoms with Crippen molar-refractivity contribution < 1.29 is 9.53 Å². The van der Waals surface area contributed by atoms with Crippen LogP contribution in [0, 0.1) is 5.41 Å². The normalized spacial score (nSPS) is 21.0. The first-order chi connectivity index (χ1) is 13.1. The van der Waals surface area contributed by atoms with E-state index in [1.54, 1.807) is 13.4 Å². The number of benzene rings is 1. The molecule has 4 rings (SSSR count). The fourth-order valence-corrected chi connectivity index (χ4v) is 4.75. The Labute approximate surface area is 159 Å². The van der Waals surface area contributed by atoms with Crippen LogP contribution in [0.2, 0.25) is 0 Å². The van der Waals surface area contributed by atoms with Crippen LogP contribution in [-0.2, 0) is 6.54 Å². The third-order valence-corrected chi connectivity index (χ3v) is 6.15. The van der Waals surface area contributed by atoms with Crippen molar-refractivity contribution in [1.82, 2.24) is 19.7 Å². The largest absolute Gasteiger partial charge is 0.497 e. The molecule has 2 aromatic rings. The van der Waals surface area contributed by atoms with Gasteiger partial charge in [-0.05, 0) is 37.3 Å². The van der Waals surface area contributed by atoms with Gasteiger partial charge in [0, 0.05) is 37.3 Å². The van der Waals surface area contributed by atoms with Crippen molar-refractivity contribution in [3.8, 4) is 5.75 Å². The quantitative estimate of drug-likeness (QED) is 0.895. The first kappa shape index (κ1) is 17.8. The van der Waals surface area contributed by atoms with Crippen LogP contribution in [0.5, 0.6) is 5.75 Å². The molecule has 2 aliphatic rings. The van der Waals surface area contributed by atoms with E-state index in [-0.39, 0.29) is 17.4 Å². The number of aryl methyl sites for hydroxylation is 1. The van der Waals surface area contributed by atoms with Gasteiger partial charge in [0.2, 0.25) is 0 Å². The first-order valence-electron chi connectivity index (χ1n) is 9.73. The zero-order valence-electron chi connectivity index (χ0n) is 16.0. The van der Waals surface area contributed by atoms with Crippen molar-refractivity contribution in [3.63, 3.8) is 0 Å². The van der Waals surface area contributed by atoms with Gasteiger partial charge < -0.3 is 19.5 Å². The molecule has 7 nitrogen and oxygen atoms in total. The summed E-state index contributed by atoms with van der Waals surface area (Å²) in [5.74, 6) is 2.00. The van der Waals surface area contributed by atoms with E-state index in [4.69, 9.17) is 4.74 Å². The van der Waals surface area contributed by atoms with E-state index in [1.165, 1.54) is 12.8 Å². The molecule has 27 heavy (non-hydrogen) atoms. The number of amides is 2. The molecule has 7 heteroatoms. The minimum absolute atomic E-state index is 0.0559. The highest BCUT2D eigenvalue weighted by Gasteiger charge is 2.51. The number of nitrogens with zero attached hydrogens (tertiary/aromatic N) is 4. The van der Waals surface area contributed by atoms with Gasteiger partial charge in [0.25, 0.3) is 0 Å². The maximum absolute atomic E-state index is 13.0. The molecule has 0 bridgehead atoms. The number of carbonyl (C=O) groups is 1. The standard InChI is InChI=1S/C20H27N5O2/c1-3-24-14-21-23-18(24)17-12-25(13-20(17)9-4-5-10-20)19(26)22-15-7-6-8-16(11-15)27-2/h6-8,11,14,17H,3-5,9-10,12-13H2,1-2H3,(H,22,26). The summed E-state index contributed by atoms with van der Waals surface area (Å²) in [6, 6.07) is 7.41. The molecule has 1 aromatic carbocycles. The topological polar surface area (TPSA) is 72.3 Å². The Hall–Kier alpha value is -2.57. The molecule has 2 heterocycles. The van der Waals surface area contributed by atoms with Gasteiger partial charge in [-0.2, -0.15) is 0 Å². The summed E-state index contributed by atoms with van der Waals surface area (Å²) < 4.78 is 7.37. The summed E-state index contributed by atoms with van der Waals surface area (Å²) in [5.41, 5.74) is 0.881. The number of nitrogens with one attached hydrogen (secondary N) is 1. The van der Waals surface area contributed by atoms with Gasteiger partial charge in [-0.15, -0.1) is 10.2 Å². The van der Waals surface area contributed by atoms with Crippen LogP contribution in [0.3, 0.4) is 0 Å². The number of ether oxygens (including phenoxy) is 1. The first-order valence-corrected chi connectivity index (χ1v) is 9.73. The lowest BCUT2D eigenvalue weighted by molar-refractivity contribution is 0.212. The molecule has 1 atom stereocenters. The highest BCUT2D eigenvalue weighted by Crippen LogP contribution is 2.53. The van der Waals surface area contributed by atoms with Gasteiger partial charge in [0.1, 0.15) is 17.9 Å². The highest BCUT2D eigenvalue weighted by molar-refractivity contribution is 5.89. The number of carbonyl (C=O) groups excluding carboxylic acids is 1. The predicted molar refractivity (Wildman–Crippen MR) is 103 cm³/mol. The number of aromatic nitrogens is 3. The number of methoxy groups -OCH3 is 1. The van der Waals surface area contributed by atoms with Crippen molar-refractivity contribution >= 4 is 11.7 Å². The van der Waals surface area contributed by atoms with Crippen molar-refractivity contribution in [2.75, 3.05) is 25.5 Å². The van der Waals surface area contributed by atoms with Crippen LogP contribution in [-0.4, -0.2) is 45.9 Å². The summed E-state index contributed by atoms with van der Waals surface area (Å²) in [5, 5.41) is 11.6. The summed E-state index contributed by atoms with van der Waals surface area (Å²) in [6.45, 7) is 4.43. The third-order valence-electron chi connectivity index (χ3n) is 6.15. The molecule has 2 amide bonds. The Kier molecular flexibility index (Phi) is 4.76. The molecule has 1 aliphatic carbocycles. The van der Waals surface area contributed by atoms with E-state index >= 15 is 0 Å². The number of hydrogen-bond acceptors (Lipinski definition) is 4. The van der Waals surface area contributed by atoms with E-state index < -0.39 is 0 Å². The van der Waals surface area contributed by atoms with Crippen LogP contribution in [0.15, 0.2) is 30.6 Å². The number of hydrogen-bond donors (Lipinski definition) is 1. The van der Waals surface area contributed by atoms with E-state index in [1.807, 2.05) is 29.2 Å². The van der Waals surface area contributed by atoms with Crippen molar-refractivity contribution in [2.45, 2.75) is 45.1 Å². The molecule has 1 aromatic heterocycles. The van der Waals surface area contributed by atoms with Crippen LogP contribution in [0.25, 0.3) is 0 Å². The number of rotatable bonds is 4. The van der Waals surface area contributed by atoms with E-state index in [0.29, 0.717) is 6.54 Å². The zero-order valence-corrected chi connectivity index (χ0v) is 16.0. The summed E-state index contributed by atoms with van der Waals surface area (Å²) in [4.78, 5) is 14.9. The second kappa shape index (κ2) is 7.21. The maximum Gasteiger partial charge on any atom is 0.321 e. The lowest BCUT2D eigenvalue weighted by atomic mass is 9.76. The van der Waals surface area contributed by atoms with Crippen molar-refractivity contribution in [1.29, 1.82) is 0 Å². The predicted octanol–water partition coefficient (Wildman–Crippen LogP) is 3.50.